The van der Waals surface area contributed by atoms with Gasteiger partial charge in [-0.05, 0) is 55.2 Å². The minimum Gasteiger partial charge on any atom is -0.329 e. The molecule has 2 aliphatic rings. The van der Waals surface area contributed by atoms with Crippen LogP contribution in [0.15, 0.2) is 24.3 Å². The minimum absolute atomic E-state index is 0.430. The van der Waals surface area contributed by atoms with Crippen LogP contribution in [0.25, 0.3) is 0 Å². The van der Waals surface area contributed by atoms with Crippen LogP contribution >= 0.6 is 0 Å². The van der Waals surface area contributed by atoms with Crippen molar-refractivity contribution < 1.29 is 0 Å². The van der Waals surface area contributed by atoms with Crippen LogP contribution < -0.4 is 5.73 Å². The molecule has 1 saturated heterocycles. The summed E-state index contributed by atoms with van der Waals surface area (Å²) in [6, 6.07) is 9.42. The fraction of sp³-hybridized carbons (Fsp3) is 0.647. The predicted octanol–water partition coefficient (Wildman–Crippen LogP) is 3.30. The van der Waals surface area contributed by atoms with Crippen LogP contribution in [0.5, 0.6) is 0 Å². The molecule has 1 saturated carbocycles. The van der Waals surface area contributed by atoms with E-state index in [9.17, 15) is 0 Å². The zero-order valence-electron chi connectivity index (χ0n) is 12.0. The minimum atomic E-state index is 0.430. The molecule has 1 aliphatic carbocycles. The lowest BCUT2D eigenvalue weighted by Crippen LogP contribution is -2.40. The molecule has 1 aromatic rings. The van der Waals surface area contributed by atoms with E-state index in [-0.39, 0.29) is 0 Å². The molecule has 0 amide bonds. The standard InChI is InChI=1S/C17H26N2/c1-13-5-4-10-19(12-13)17(11-18)16-7-3-2-6-15(16)14-8-9-14/h2-3,6-7,13-14,17H,4-5,8-12,18H2,1H3. The van der Waals surface area contributed by atoms with Crippen molar-refractivity contribution >= 4 is 0 Å². The zero-order valence-corrected chi connectivity index (χ0v) is 12.0. The van der Waals surface area contributed by atoms with Crippen LogP contribution in [-0.4, -0.2) is 24.5 Å². The Kier molecular flexibility index (Phi) is 3.90. The number of benzene rings is 1. The smallest absolute Gasteiger partial charge is 0.0473 e. The van der Waals surface area contributed by atoms with Gasteiger partial charge in [0.1, 0.15) is 0 Å². The van der Waals surface area contributed by atoms with Gasteiger partial charge in [-0.1, -0.05) is 31.2 Å². The molecule has 1 aromatic carbocycles. The summed E-state index contributed by atoms with van der Waals surface area (Å²) in [7, 11) is 0. The summed E-state index contributed by atoms with van der Waals surface area (Å²) in [5, 5.41) is 0. The molecule has 2 nitrogen and oxygen atoms in total. The quantitative estimate of drug-likeness (QED) is 0.898. The topological polar surface area (TPSA) is 29.3 Å². The van der Waals surface area contributed by atoms with E-state index in [0.29, 0.717) is 6.04 Å². The van der Waals surface area contributed by atoms with Gasteiger partial charge in [0.15, 0.2) is 0 Å². The summed E-state index contributed by atoms with van der Waals surface area (Å²) in [4.78, 5) is 2.62. The maximum Gasteiger partial charge on any atom is 0.0473 e. The van der Waals surface area contributed by atoms with Crippen LogP contribution in [0.1, 0.15) is 55.7 Å². The Morgan fingerprint density at radius 3 is 2.74 bits per heavy atom. The highest BCUT2D eigenvalue weighted by Crippen LogP contribution is 2.43. The average Bonchev–Trinajstić information content (AvgIpc) is 3.25. The molecule has 0 aromatic heterocycles. The number of hydrogen-bond acceptors (Lipinski definition) is 2. The molecule has 1 aliphatic heterocycles. The highest BCUT2D eigenvalue weighted by atomic mass is 15.2. The molecule has 2 N–H and O–H groups in total. The zero-order chi connectivity index (χ0) is 13.2. The molecule has 0 bridgehead atoms. The monoisotopic (exact) mass is 258 g/mol. The Hall–Kier alpha value is -0.860. The highest BCUT2D eigenvalue weighted by molar-refractivity contribution is 5.36. The summed E-state index contributed by atoms with van der Waals surface area (Å²) >= 11 is 0. The fourth-order valence-corrected chi connectivity index (χ4v) is 3.56. The number of likely N-dealkylation sites (tertiary alicyclic amines) is 1. The maximum absolute atomic E-state index is 6.13. The Bertz CT molecular complexity index is 425. The summed E-state index contributed by atoms with van der Waals surface area (Å²) in [6.07, 6.45) is 5.43. The van der Waals surface area contributed by atoms with E-state index in [1.54, 1.807) is 5.56 Å². The lowest BCUT2D eigenvalue weighted by Gasteiger charge is -2.37. The number of rotatable bonds is 4. The second-order valence-electron chi connectivity index (χ2n) is 6.40. The SMILES string of the molecule is CC1CCCN(C(CN)c2ccccc2C2CC2)C1. The summed E-state index contributed by atoms with van der Waals surface area (Å²) < 4.78 is 0. The highest BCUT2D eigenvalue weighted by Gasteiger charge is 2.31. The molecule has 2 atom stereocenters. The predicted molar refractivity (Wildman–Crippen MR) is 80.2 cm³/mol. The Balaban J connectivity index is 1.85. The molecule has 2 fully saturated rings. The van der Waals surface area contributed by atoms with Crippen molar-refractivity contribution in [2.24, 2.45) is 11.7 Å². The molecular formula is C17H26N2. The second-order valence-corrected chi connectivity index (χ2v) is 6.40. The van der Waals surface area contributed by atoms with Gasteiger partial charge in [0.25, 0.3) is 0 Å². The number of hydrogen-bond donors (Lipinski definition) is 1. The van der Waals surface area contributed by atoms with Crippen molar-refractivity contribution in [3.63, 3.8) is 0 Å². The lowest BCUT2D eigenvalue weighted by molar-refractivity contribution is 0.132. The van der Waals surface area contributed by atoms with E-state index in [1.165, 1.54) is 44.3 Å². The van der Waals surface area contributed by atoms with Crippen molar-refractivity contribution in [3.8, 4) is 0 Å². The van der Waals surface area contributed by atoms with Gasteiger partial charge in [-0.3, -0.25) is 4.90 Å². The molecule has 1 heterocycles. The molecule has 19 heavy (non-hydrogen) atoms. The fourth-order valence-electron chi connectivity index (χ4n) is 3.56. The van der Waals surface area contributed by atoms with Crippen molar-refractivity contribution in [2.45, 2.75) is 44.6 Å². The first-order valence-corrected chi connectivity index (χ1v) is 7.82. The first-order valence-electron chi connectivity index (χ1n) is 7.82. The largest absolute Gasteiger partial charge is 0.329 e. The molecule has 104 valence electrons. The Morgan fingerprint density at radius 1 is 1.26 bits per heavy atom. The van der Waals surface area contributed by atoms with Crippen LogP contribution in [0, 0.1) is 5.92 Å². The molecule has 3 rings (SSSR count). The van der Waals surface area contributed by atoms with Crippen LogP contribution in [0.4, 0.5) is 0 Å². The third kappa shape index (κ3) is 2.85. The lowest BCUT2D eigenvalue weighted by atomic mass is 9.92. The molecular weight excluding hydrogens is 232 g/mol. The number of piperidine rings is 1. The van der Waals surface area contributed by atoms with E-state index in [0.717, 1.165) is 18.4 Å². The third-order valence-electron chi connectivity index (χ3n) is 4.72. The Morgan fingerprint density at radius 2 is 2.05 bits per heavy atom. The molecule has 0 spiro atoms. The van der Waals surface area contributed by atoms with Gasteiger partial charge >= 0.3 is 0 Å². The van der Waals surface area contributed by atoms with E-state index < -0.39 is 0 Å². The first kappa shape index (κ1) is 13.1. The summed E-state index contributed by atoms with van der Waals surface area (Å²) in [5.74, 6) is 1.63. The average molecular weight is 258 g/mol. The normalized spacial score (nSPS) is 26.3. The Labute approximate surface area is 117 Å². The van der Waals surface area contributed by atoms with Crippen molar-refractivity contribution in [2.75, 3.05) is 19.6 Å². The molecule has 0 radical (unpaired) electrons. The van der Waals surface area contributed by atoms with Crippen LogP contribution in [-0.2, 0) is 0 Å². The van der Waals surface area contributed by atoms with Gasteiger partial charge < -0.3 is 5.73 Å². The summed E-state index contributed by atoms with van der Waals surface area (Å²) in [6.45, 7) is 5.54. The van der Waals surface area contributed by atoms with Gasteiger partial charge in [-0.25, -0.2) is 0 Å². The van der Waals surface area contributed by atoms with Crippen molar-refractivity contribution in [1.29, 1.82) is 0 Å². The van der Waals surface area contributed by atoms with E-state index in [4.69, 9.17) is 5.73 Å². The van der Waals surface area contributed by atoms with Crippen LogP contribution in [0.3, 0.4) is 0 Å². The van der Waals surface area contributed by atoms with Gasteiger partial charge in [0.2, 0.25) is 0 Å². The molecule has 2 unspecified atom stereocenters. The third-order valence-corrected chi connectivity index (χ3v) is 4.72. The van der Waals surface area contributed by atoms with E-state index >= 15 is 0 Å². The van der Waals surface area contributed by atoms with Gasteiger partial charge in [-0.15, -0.1) is 0 Å². The summed E-state index contributed by atoms with van der Waals surface area (Å²) in [5.41, 5.74) is 9.20. The van der Waals surface area contributed by atoms with E-state index in [2.05, 4.69) is 36.1 Å². The van der Waals surface area contributed by atoms with Gasteiger partial charge in [0.05, 0.1) is 0 Å². The number of nitrogens with two attached hydrogens (primary N) is 1. The maximum atomic E-state index is 6.13. The van der Waals surface area contributed by atoms with Crippen molar-refractivity contribution in [1.82, 2.24) is 4.90 Å². The first-order chi connectivity index (χ1) is 9.29. The number of nitrogens with zero attached hydrogens (tertiary/aromatic N) is 1. The van der Waals surface area contributed by atoms with E-state index in [1.807, 2.05) is 0 Å². The van der Waals surface area contributed by atoms with Crippen molar-refractivity contribution in [3.05, 3.63) is 35.4 Å². The second kappa shape index (κ2) is 5.64. The van der Waals surface area contributed by atoms with Gasteiger partial charge in [-0.2, -0.15) is 0 Å². The van der Waals surface area contributed by atoms with Crippen LogP contribution in [0.2, 0.25) is 0 Å². The van der Waals surface area contributed by atoms with Gasteiger partial charge in [0, 0.05) is 19.1 Å². The molecule has 2 heteroatoms.